The van der Waals surface area contributed by atoms with Crippen LogP contribution in [-0.2, 0) is 19.1 Å². The van der Waals surface area contributed by atoms with Gasteiger partial charge in [-0.15, -0.1) is 0 Å². The van der Waals surface area contributed by atoms with Crippen molar-refractivity contribution in [3.63, 3.8) is 0 Å². The number of cyclic esters (lactones) is 1. The molecule has 2 rings (SSSR count). The molecule has 0 unspecified atom stereocenters. The molecule has 0 amide bonds. The summed E-state index contributed by atoms with van der Waals surface area (Å²) in [6, 6.07) is 0. The second-order valence-corrected chi connectivity index (χ2v) is 9.51. The maximum atomic E-state index is 12.3. The molecule has 1 aliphatic carbocycles. The van der Waals surface area contributed by atoms with Crippen molar-refractivity contribution in [3.8, 4) is 0 Å². The quantitative estimate of drug-likeness (QED) is 0.742. The summed E-state index contributed by atoms with van der Waals surface area (Å²) in [6.45, 7) is 12.1. The Balaban J connectivity index is 2.27. The third-order valence-electron chi connectivity index (χ3n) is 7.07. The number of carbonyl (C=O) groups excluding carboxylic acids is 2. The summed E-state index contributed by atoms with van der Waals surface area (Å²) in [5.74, 6) is -0.575. The van der Waals surface area contributed by atoms with Crippen molar-refractivity contribution in [2.75, 3.05) is 0 Å². The highest BCUT2D eigenvalue weighted by molar-refractivity contribution is 5.75. The summed E-state index contributed by atoms with van der Waals surface area (Å²) in [7, 11) is 0. The van der Waals surface area contributed by atoms with Gasteiger partial charge in [-0.2, -0.15) is 0 Å². The summed E-state index contributed by atoms with van der Waals surface area (Å²) in [4.78, 5) is 23.8. The van der Waals surface area contributed by atoms with Crippen molar-refractivity contribution in [1.82, 2.24) is 0 Å². The first kappa shape index (κ1) is 21.2. The number of fused-ring (bicyclic) bond motifs is 1. The van der Waals surface area contributed by atoms with Crippen molar-refractivity contribution in [3.05, 3.63) is 0 Å². The van der Waals surface area contributed by atoms with E-state index in [0.717, 1.165) is 19.3 Å². The molecule has 5 atom stereocenters. The van der Waals surface area contributed by atoms with Crippen molar-refractivity contribution in [1.29, 1.82) is 0 Å². The molecule has 1 saturated heterocycles. The van der Waals surface area contributed by atoms with Crippen LogP contribution >= 0.6 is 0 Å². The average Bonchev–Trinajstić information content (AvgIpc) is 2.62. The zero-order chi connectivity index (χ0) is 19.8. The van der Waals surface area contributed by atoms with Crippen LogP contribution in [0.3, 0.4) is 0 Å². The molecule has 2 aliphatic rings. The Morgan fingerprint density at radius 1 is 1.35 bits per heavy atom. The Morgan fingerprint density at radius 2 is 2.00 bits per heavy atom. The summed E-state index contributed by atoms with van der Waals surface area (Å²) >= 11 is 0. The highest BCUT2D eigenvalue weighted by Crippen LogP contribution is 2.57. The van der Waals surface area contributed by atoms with E-state index in [1.54, 1.807) is 0 Å². The molecule has 5 nitrogen and oxygen atoms in total. The molecule has 0 spiro atoms. The maximum absolute atomic E-state index is 12.3. The van der Waals surface area contributed by atoms with E-state index in [0.29, 0.717) is 25.7 Å². The van der Waals surface area contributed by atoms with E-state index in [-0.39, 0.29) is 28.8 Å². The molecular weight excluding hydrogens is 332 g/mol. The zero-order valence-corrected chi connectivity index (χ0v) is 17.3. The Morgan fingerprint density at radius 3 is 2.58 bits per heavy atom. The molecule has 0 radical (unpaired) electrons. The minimum atomic E-state index is -1.05. The summed E-state index contributed by atoms with van der Waals surface area (Å²) in [6.07, 6.45) is 4.32. The Hall–Kier alpha value is -1.10. The van der Waals surface area contributed by atoms with Gasteiger partial charge in [-0.1, -0.05) is 34.1 Å². The molecule has 2 fully saturated rings. The third-order valence-corrected chi connectivity index (χ3v) is 7.07. The first-order valence-electron chi connectivity index (χ1n) is 10.0. The monoisotopic (exact) mass is 368 g/mol. The zero-order valence-electron chi connectivity index (χ0n) is 17.3. The topological polar surface area (TPSA) is 72.8 Å². The van der Waals surface area contributed by atoms with E-state index in [1.807, 2.05) is 13.8 Å². The molecule has 1 N–H and O–H groups in total. The Kier molecular flexibility index (Phi) is 6.11. The predicted octanol–water partition coefficient (Wildman–Crippen LogP) is 4.01. The van der Waals surface area contributed by atoms with Gasteiger partial charge in [0.25, 0.3) is 0 Å². The maximum Gasteiger partial charge on any atom is 0.335 e. The van der Waals surface area contributed by atoms with E-state index in [2.05, 4.69) is 20.8 Å². The van der Waals surface area contributed by atoms with Gasteiger partial charge in [0.1, 0.15) is 11.7 Å². The molecule has 0 bridgehead atoms. The second kappa shape index (κ2) is 7.49. The normalized spacial score (nSPS) is 36.3. The smallest absolute Gasteiger partial charge is 0.335 e. The molecule has 1 aliphatic heterocycles. The number of aliphatic hydroxyl groups excluding tert-OH is 1. The fraction of sp³-hybridized carbons (Fsp3) is 0.905. The van der Waals surface area contributed by atoms with Crippen LogP contribution in [0.2, 0.25) is 0 Å². The minimum absolute atomic E-state index is 0.0597. The fourth-order valence-corrected chi connectivity index (χ4v) is 5.28. The lowest BCUT2D eigenvalue weighted by atomic mass is 9.53. The molecule has 1 saturated carbocycles. The molecule has 26 heavy (non-hydrogen) atoms. The van der Waals surface area contributed by atoms with Crippen molar-refractivity contribution in [2.24, 2.45) is 16.7 Å². The van der Waals surface area contributed by atoms with Gasteiger partial charge < -0.3 is 14.6 Å². The number of carbonyl (C=O) groups is 2. The molecule has 0 aromatic carbocycles. The lowest BCUT2D eigenvalue weighted by Gasteiger charge is -2.52. The molecule has 1 heterocycles. The van der Waals surface area contributed by atoms with Gasteiger partial charge in [-0.05, 0) is 56.8 Å². The van der Waals surface area contributed by atoms with Gasteiger partial charge in [-0.3, -0.25) is 4.79 Å². The van der Waals surface area contributed by atoms with Crippen LogP contribution < -0.4 is 0 Å². The van der Waals surface area contributed by atoms with Gasteiger partial charge in [0.05, 0.1) is 0 Å². The van der Waals surface area contributed by atoms with Gasteiger partial charge >= 0.3 is 11.9 Å². The van der Waals surface area contributed by atoms with Gasteiger partial charge in [0, 0.05) is 12.3 Å². The number of ether oxygens (including phenoxy) is 2. The van der Waals surface area contributed by atoms with Crippen molar-refractivity contribution in [2.45, 2.75) is 104 Å². The molecule has 5 heteroatoms. The van der Waals surface area contributed by atoms with Crippen LogP contribution in [0.4, 0.5) is 0 Å². The molecular formula is C21H36O5. The summed E-state index contributed by atoms with van der Waals surface area (Å²) in [5.41, 5.74) is -0.664. The number of esters is 2. The summed E-state index contributed by atoms with van der Waals surface area (Å²) < 4.78 is 11.3. The lowest BCUT2D eigenvalue weighted by Crippen LogP contribution is -2.49. The van der Waals surface area contributed by atoms with E-state index in [4.69, 9.17) is 9.47 Å². The molecule has 0 aromatic rings. The Labute approximate surface area is 157 Å². The van der Waals surface area contributed by atoms with Crippen LogP contribution in [0.25, 0.3) is 0 Å². The van der Waals surface area contributed by atoms with E-state index >= 15 is 0 Å². The van der Waals surface area contributed by atoms with Gasteiger partial charge in [0.2, 0.25) is 0 Å². The Bertz CT molecular complexity index is 543. The first-order chi connectivity index (χ1) is 11.9. The van der Waals surface area contributed by atoms with Crippen LogP contribution in [0.15, 0.2) is 0 Å². The van der Waals surface area contributed by atoms with E-state index in [9.17, 15) is 14.7 Å². The SMILES string of the molecule is CC[C@@](C)(CC[C@H]1OC(=O)[C@H](O)C[C@H]2C(C)(C)CCC[C@]12C)OC(C)=O. The van der Waals surface area contributed by atoms with Crippen LogP contribution in [-0.4, -0.2) is 34.9 Å². The number of hydrogen-bond acceptors (Lipinski definition) is 5. The number of aliphatic hydroxyl groups is 1. The number of rotatable bonds is 5. The molecule has 0 aromatic heterocycles. The van der Waals surface area contributed by atoms with Crippen molar-refractivity contribution >= 4 is 11.9 Å². The molecule has 150 valence electrons. The van der Waals surface area contributed by atoms with Crippen LogP contribution in [0.5, 0.6) is 0 Å². The highest BCUT2D eigenvalue weighted by atomic mass is 16.6. The predicted molar refractivity (Wildman–Crippen MR) is 99.4 cm³/mol. The van der Waals surface area contributed by atoms with E-state index in [1.165, 1.54) is 6.92 Å². The standard InChI is InChI=1S/C21H36O5/c1-7-20(5,26-14(2)22)12-9-17-21(6)11-8-10-19(3,4)16(21)13-15(23)18(24)25-17/h15-17,23H,7-13H2,1-6H3/t15-,16+,17-,20+,21+/m1/s1. The lowest BCUT2D eigenvalue weighted by molar-refractivity contribution is -0.169. The van der Waals surface area contributed by atoms with Crippen LogP contribution in [0, 0.1) is 16.7 Å². The van der Waals surface area contributed by atoms with Gasteiger partial charge in [0.15, 0.2) is 6.10 Å². The second-order valence-electron chi connectivity index (χ2n) is 9.51. The first-order valence-corrected chi connectivity index (χ1v) is 10.0. The highest BCUT2D eigenvalue weighted by Gasteiger charge is 2.55. The van der Waals surface area contributed by atoms with Crippen molar-refractivity contribution < 1.29 is 24.2 Å². The van der Waals surface area contributed by atoms with Crippen LogP contribution in [0.1, 0.15) is 86.5 Å². The van der Waals surface area contributed by atoms with Gasteiger partial charge in [-0.25, -0.2) is 4.79 Å². The van der Waals surface area contributed by atoms with E-state index < -0.39 is 17.7 Å². The third kappa shape index (κ3) is 4.24. The largest absolute Gasteiger partial charge is 0.460 e. The fourth-order valence-electron chi connectivity index (χ4n) is 5.28. The summed E-state index contributed by atoms with van der Waals surface area (Å²) in [5, 5.41) is 10.3. The average molecular weight is 369 g/mol. The number of hydrogen-bond donors (Lipinski definition) is 1. The minimum Gasteiger partial charge on any atom is -0.460 e.